The summed E-state index contributed by atoms with van der Waals surface area (Å²) in [5.41, 5.74) is 5.95. The minimum Gasteiger partial charge on any atom is -0.366 e. The Morgan fingerprint density at radius 3 is 2.65 bits per heavy atom. The van der Waals surface area contributed by atoms with Gasteiger partial charge < -0.3 is 10.6 Å². The van der Waals surface area contributed by atoms with Crippen LogP contribution in [0.2, 0.25) is 0 Å². The van der Waals surface area contributed by atoms with Gasteiger partial charge in [0.2, 0.25) is 0 Å². The molecule has 1 heterocycles. The number of likely N-dealkylation sites (tertiary alicyclic amines) is 1. The summed E-state index contributed by atoms with van der Waals surface area (Å²) < 4.78 is 0. The number of nitrogens with two attached hydrogens (primary N) is 1. The molecular formula is C16H29BN2S. The van der Waals surface area contributed by atoms with Crippen molar-refractivity contribution >= 4 is 25.1 Å². The van der Waals surface area contributed by atoms with Crippen LogP contribution in [0.25, 0.3) is 0 Å². The second kappa shape index (κ2) is 6.35. The molecule has 2 N–H and O–H groups in total. The second-order valence-corrected chi connectivity index (χ2v) is 7.92. The minimum absolute atomic E-state index is 0.512. The van der Waals surface area contributed by atoms with Crippen LogP contribution >= 0.6 is 12.2 Å². The number of fused-ring (bicyclic) bond motifs is 1. The summed E-state index contributed by atoms with van der Waals surface area (Å²) in [4.78, 5) is 3.44. The van der Waals surface area contributed by atoms with E-state index in [0.717, 1.165) is 30.7 Å². The molecule has 1 saturated heterocycles. The van der Waals surface area contributed by atoms with Gasteiger partial charge in [0.1, 0.15) is 0 Å². The van der Waals surface area contributed by atoms with Crippen LogP contribution in [0.5, 0.6) is 0 Å². The van der Waals surface area contributed by atoms with Crippen LogP contribution < -0.4 is 5.73 Å². The molecule has 112 valence electrons. The van der Waals surface area contributed by atoms with Gasteiger partial charge in [-0.3, -0.25) is 0 Å². The van der Waals surface area contributed by atoms with Gasteiger partial charge >= 0.3 is 0 Å². The molecule has 20 heavy (non-hydrogen) atoms. The standard InChI is InChI=1S/C16H29BN2S/c1-11(2)12-5-4-6-14-13(10-16(17,18)9-12)7-8-15(20)19(14)3/h11-14H,4-10,18H2,1-3H3. The maximum absolute atomic E-state index is 6.46. The van der Waals surface area contributed by atoms with Gasteiger partial charge in [0.05, 0.1) is 12.8 Å². The Bertz CT molecular complexity index is 356. The summed E-state index contributed by atoms with van der Waals surface area (Å²) in [5.74, 6) is 1.93. The van der Waals surface area contributed by atoms with Gasteiger partial charge in [0.15, 0.2) is 0 Å². The van der Waals surface area contributed by atoms with Gasteiger partial charge in [-0.25, -0.2) is 0 Å². The van der Waals surface area contributed by atoms with E-state index >= 15 is 0 Å². The third-order valence-corrected chi connectivity index (χ3v) is 5.96. The quantitative estimate of drug-likeness (QED) is 0.595. The molecule has 4 unspecified atom stereocenters. The van der Waals surface area contributed by atoms with Crippen molar-refractivity contribution < 1.29 is 0 Å². The Hall–Kier alpha value is -0.0851. The first-order chi connectivity index (χ1) is 9.30. The molecule has 0 amide bonds. The topological polar surface area (TPSA) is 29.3 Å². The smallest absolute Gasteiger partial charge is 0.0950 e. The monoisotopic (exact) mass is 292 g/mol. The average molecular weight is 292 g/mol. The fourth-order valence-electron chi connectivity index (χ4n) is 4.17. The van der Waals surface area contributed by atoms with Gasteiger partial charge in [-0.2, -0.15) is 0 Å². The largest absolute Gasteiger partial charge is 0.366 e. The molecule has 1 saturated carbocycles. The summed E-state index contributed by atoms with van der Waals surface area (Å²) >= 11 is 5.49. The van der Waals surface area contributed by atoms with Gasteiger partial charge in [-0.05, 0) is 55.3 Å². The highest BCUT2D eigenvalue weighted by Crippen LogP contribution is 2.38. The number of hydrogen-bond acceptors (Lipinski definition) is 2. The first-order valence-corrected chi connectivity index (χ1v) is 8.54. The van der Waals surface area contributed by atoms with Crippen molar-refractivity contribution in [2.75, 3.05) is 7.05 Å². The number of hydrogen-bond donors (Lipinski definition) is 1. The molecule has 2 radical (unpaired) electrons. The lowest BCUT2D eigenvalue weighted by Crippen LogP contribution is -2.51. The highest BCUT2D eigenvalue weighted by Gasteiger charge is 2.37. The molecule has 0 aromatic heterocycles. The van der Waals surface area contributed by atoms with Crippen LogP contribution in [-0.4, -0.2) is 36.3 Å². The number of thiocarbonyl (C=S) groups is 1. The maximum atomic E-state index is 6.46. The zero-order valence-electron chi connectivity index (χ0n) is 13.3. The van der Waals surface area contributed by atoms with Gasteiger partial charge in [-0.15, -0.1) is 0 Å². The normalized spacial score (nSPS) is 40.0. The predicted octanol–water partition coefficient (Wildman–Crippen LogP) is 3.08. The van der Waals surface area contributed by atoms with E-state index in [1.165, 1.54) is 19.3 Å². The lowest BCUT2D eigenvalue weighted by Gasteiger charge is -2.43. The van der Waals surface area contributed by atoms with E-state index in [1.807, 2.05) is 0 Å². The van der Waals surface area contributed by atoms with E-state index in [4.69, 9.17) is 25.8 Å². The molecule has 2 fully saturated rings. The number of piperidine rings is 1. The van der Waals surface area contributed by atoms with E-state index in [-0.39, 0.29) is 0 Å². The molecule has 2 nitrogen and oxygen atoms in total. The van der Waals surface area contributed by atoms with Crippen molar-refractivity contribution in [1.29, 1.82) is 0 Å². The highest BCUT2D eigenvalue weighted by atomic mass is 32.1. The predicted molar refractivity (Wildman–Crippen MR) is 91.0 cm³/mol. The highest BCUT2D eigenvalue weighted by molar-refractivity contribution is 7.80. The molecule has 0 bridgehead atoms. The van der Waals surface area contributed by atoms with E-state index < -0.39 is 5.44 Å². The Kier molecular flexibility index (Phi) is 5.17. The summed E-state index contributed by atoms with van der Waals surface area (Å²) in [5, 5.41) is 0. The fraction of sp³-hybridized carbons (Fsp3) is 0.938. The Morgan fingerprint density at radius 2 is 2.00 bits per heavy atom. The molecule has 0 aromatic carbocycles. The third kappa shape index (κ3) is 3.76. The van der Waals surface area contributed by atoms with Crippen LogP contribution in [0.1, 0.15) is 58.8 Å². The SMILES string of the molecule is [B]C1(N)CC(C(C)C)CCCC2C(CCC(=S)N2C)C1. The molecule has 0 spiro atoms. The van der Waals surface area contributed by atoms with Crippen LogP contribution in [0.4, 0.5) is 0 Å². The van der Waals surface area contributed by atoms with Gasteiger partial charge in [0, 0.05) is 13.1 Å². The Labute approximate surface area is 131 Å². The van der Waals surface area contributed by atoms with E-state index in [0.29, 0.717) is 23.8 Å². The maximum Gasteiger partial charge on any atom is 0.0950 e. The molecule has 0 aromatic rings. The molecule has 4 heteroatoms. The average Bonchev–Trinajstić information content (AvgIpc) is 2.41. The molecule has 2 rings (SSSR count). The van der Waals surface area contributed by atoms with Gasteiger partial charge in [-0.1, -0.05) is 38.9 Å². The van der Waals surface area contributed by atoms with Crippen LogP contribution in [-0.2, 0) is 0 Å². The van der Waals surface area contributed by atoms with Crippen LogP contribution in [0, 0.1) is 17.8 Å². The summed E-state index contributed by atoms with van der Waals surface area (Å²) in [6.07, 6.45) is 7.84. The van der Waals surface area contributed by atoms with Gasteiger partial charge in [0.25, 0.3) is 0 Å². The van der Waals surface area contributed by atoms with Crippen LogP contribution in [0.15, 0.2) is 0 Å². The molecule has 2 aliphatic rings. The zero-order chi connectivity index (χ0) is 14.9. The second-order valence-electron chi connectivity index (χ2n) is 7.45. The summed E-state index contributed by atoms with van der Waals surface area (Å²) in [6, 6.07) is 0.550. The molecule has 4 atom stereocenters. The molecule has 1 aliphatic carbocycles. The minimum atomic E-state index is -0.512. The van der Waals surface area contributed by atoms with Crippen LogP contribution in [0.3, 0.4) is 0 Å². The van der Waals surface area contributed by atoms with E-state index in [1.54, 1.807) is 0 Å². The first-order valence-electron chi connectivity index (χ1n) is 8.13. The lowest BCUT2D eigenvalue weighted by atomic mass is 9.64. The lowest BCUT2D eigenvalue weighted by molar-refractivity contribution is 0.184. The summed E-state index contributed by atoms with van der Waals surface area (Å²) in [7, 11) is 8.62. The zero-order valence-corrected chi connectivity index (χ0v) is 14.1. The van der Waals surface area contributed by atoms with Crippen molar-refractivity contribution in [3.63, 3.8) is 0 Å². The third-order valence-electron chi connectivity index (χ3n) is 5.47. The Morgan fingerprint density at radius 1 is 1.30 bits per heavy atom. The van der Waals surface area contributed by atoms with Crippen molar-refractivity contribution in [1.82, 2.24) is 4.90 Å². The van der Waals surface area contributed by atoms with Crippen molar-refractivity contribution in [2.24, 2.45) is 23.5 Å². The fourth-order valence-corrected chi connectivity index (χ4v) is 4.42. The van der Waals surface area contributed by atoms with Crippen molar-refractivity contribution in [2.45, 2.75) is 70.3 Å². The van der Waals surface area contributed by atoms with Crippen molar-refractivity contribution in [3.05, 3.63) is 0 Å². The Balaban J connectivity index is 2.16. The molecular weight excluding hydrogens is 263 g/mol. The summed E-state index contributed by atoms with van der Waals surface area (Å²) in [6.45, 7) is 4.60. The number of nitrogens with zero attached hydrogens (tertiary/aromatic N) is 1. The number of rotatable bonds is 1. The van der Waals surface area contributed by atoms with Crippen molar-refractivity contribution in [3.8, 4) is 0 Å². The first kappa shape index (κ1) is 16.3. The van der Waals surface area contributed by atoms with E-state index in [2.05, 4.69) is 25.8 Å². The molecule has 1 aliphatic heterocycles. The van der Waals surface area contributed by atoms with E-state index in [9.17, 15) is 0 Å².